The zero-order valence-corrected chi connectivity index (χ0v) is 18.9. The molecule has 2 aliphatic heterocycles. The van der Waals surface area contributed by atoms with Crippen LogP contribution in [0.4, 0.5) is 0 Å². The Bertz CT molecular complexity index is 564. The summed E-state index contributed by atoms with van der Waals surface area (Å²) in [4.78, 5) is 9.77. The highest BCUT2D eigenvalue weighted by Gasteiger charge is 2.22. The van der Waals surface area contributed by atoms with Crippen molar-refractivity contribution in [2.75, 3.05) is 58.9 Å². The zero-order chi connectivity index (χ0) is 18.2. The number of guanidine groups is 1. The fraction of sp³-hybridized carbons (Fsp3) is 0.650. The van der Waals surface area contributed by atoms with Crippen LogP contribution in [0.3, 0.4) is 0 Å². The van der Waals surface area contributed by atoms with Crippen LogP contribution in [0.1, 0.15) is 19.4 Å². The first-order valence-corrected chi connectivity index (χ1v) is 10.00. The molecular formula is C20H34IN5O. The molecule has 0 bridgehead atoms. The lowest BCUT2D eigenvalue weighted by Gasteiger charge is -2.34. The van der Waals surface area contributed by atoms with E-state index in [2.05, 4.69) is 46.4 Å². The van der Waals surface area contributed by atoms with E-state index in [1.54, 1.807) is 0 Å². The van der Waals surface area contributed by atoms with Crippen LogP contribution < -0.4 is 15.4 Å². The van der Waals surface area contributed by atoms with Crippen LogP contribution in [-0.2, 0) is 6.42 Å². The first-order chi connectivity index (χ1) is 12.8. The Morgan fingerprint density at radius 2 is 1.85 bits per heavy atom. The number of aliphatic imine (C=N–C) groups is 1. The number of halogens is 1. The molecule has 0 aliphatic carbocycles. The van der Waals surface area contributed by atoms with E-state index in [1.165, 1.54) is 18.7 Å². The third kappa shape index (κ3) is 6.80. The molecular weight excluding hydrogens is 453 g/mol. The number of piperazine rings is 1. The predicted octanol–water partition coefficient (Wildman–Crippen LogP) is 1.80. The number of nitrogens with one attached hydrogen (secondary N) is 2. The molecule has 2 N–H and O–H groups in total. The minimum absolute atomic E-state index is 0. The van der Waals surface area contributed by atoms with Crippen LogP contribution in [0.15, 0.2) is 29.3 Å². The van der Waals surface area contributed by atoms with Gasteiger partial charge in [-0.2, -0.15) is 0 Å². The molecule has 1 atom stereocenters. The molecule has 1 aromatic rings. The van der Waals surface area contributed by atoms with Crippen molar-refractivity contribution in [2.24, 2.45) is 4.99 Å². The normalized spacial score (nSPS) is 20.5. The van der Waals surface area contributed by atoms with Gasteiger partial charge in [0, 0.05) is 52.2 Å². The zero-order valence-electron chi connectivity index (χ0n) is 16.6. The maximum absolute atomic E-state index is 5.98. The summed E-state index contributed by atoms with van der Waals surface area (Å²) in [5.41, 5.74) is 1.29. The van der Waals surface area contributed by atoms with Crippen LogP contribution in [0.5, 0.6) is 5.75 Å². The highest BCUT2D eigenvalue weighted by Crippen LogP contribution is 2.28. The van der Waals surface area contributed by atoms with E-state index in [-0.39, 0.29) is 30.1 Å². The number of likely N-dealkylation sites (N-methyl/N-ethyl adjacent to an activating group) is 1. The second-order valence-corrected chi connectivity index (χ2v) is 6.97. The molecule has 3 rings (SSSR count). The van der Waals surface area contributed by atoms with E-state index < -0.39 is 0 Å². The number of rotatable bonds is 7. The van der Waals surface area contributed by atoms with Crippen molar-refractivity contribution in [1.29, 1.82) is 0 Å². The summed E-state index contributed by atoms with van der Waals surface area (Å²) in [6.07, 6.45) is 1.09. The largest absolute Gasteiger partial charge is 0.488 e. The monoisotopic (exact) mass is 487 g/mol. The van der Waals surface area contributed by atoms with Gasteiger partial charge in [-0.15, -0.1) is 24.0 Å². The molecule has 0 radical (unpaired) electrons. The Morgan fingerprint density at radius 3 is 2.56 bits per heavy atom. The highest BCUT2D eigenvalue weighted by atomic mass is 127. The molecule has 6 nitrogen and oxygen atoms in total. The molecule has 27 heavy (non-hydrogen) atoms. The highest BCUT2D eigenvalue weighted by molar-refractivity contribution is 14.0. The molecule has 1 saturated heterocycles. The molecule has 0 amide bonds. The molecule has 2 heterocycles. The van der Waals surface area contributed by atoms with Crippen molar-refractivity contribution in [1.82, 2.24) is 20.4 Å². The van der Waals surface area contributed by atoms with E-state index in [1.807, 2.05) is 12.1 Å². The van der Waals surface area contributed by atoms with Gasteiger partial charge in [-0.25, -0.2) is 4.99 Å². The first kappa shape index (κ1) is 22.2. The van der Waals surface area contributed by atoms with Crippen LogP contribution in [0.25, 0.3) is 0 Å². The maximum atomic E-state index is 5.98. The summed E-state index contributed by atoms with van der Waals surface area (Å²) in [5, 5.41) is 6.80. The number of ether oxygens (including phenoxy) is 1. The fourth-order valence-electron chi connectivity index (χ4n) is 3.55. The molecule has 0 saturated carbocycles. The summed E-state index contributed by atoms with van der Waals surface area (Å²) in [6.45, 7) is 13.7. The van der Waals surface area contributed by atoms with Crippen molar-refractivity contribution in [3.8, 4) is 5.75 Å². The Labute approximate surface area is 180 Å². The topological polar surface area (TPSA) is 52.1 Å². The predicted molar refractivity (Wildman–Crippen MR) is 123 cm³/mol. The molecule has 1 fully saturated rings. The first-order valence-electron chi connectivity index (χ1n) is 10.00. The quantitative estimate of drug-likeness (QED) is 0.349. The van der Waals surface area contributed by atoms with Gasteiger partial charge in [-0.3, -0.25) is 4.90 Å². The average molecular weight is 487 g/mol. The van der Waals surface area contributed by atoms with Crippen LogP contribution in [0, 0.1) is 0 Å². The lowest BCUT2D eigenvalue weighted by atomic mass is 10.1. The Morgan fingerprint density at radius 1 is 1.11 bits per heavy atom. The van der Waals surface area contributed by atoms with Crippen molar-refractivity contribution >= 4 is 29.9 Å². The molecule has 0 aromatic heterocycles. The van der Waals surface area contributed by atoms with Gasteiger partial charge in [0.25, 0.3) is 0 Å². The van der Waals surface area contributed by atoms with Gasteiger partial charge < -0.3 is 20.3 Å². The number of para-hydroxylation sites is 1. The van der Waals surface area contributed by atoms with E-state index >= 15 is 0 Å². The lowest BCUT2D eigenvalue weighted by Crippen LogP contribution is -2.49. The molecule has 152 valence electrons. The number of fused-ring (bicyclic) bond motifs is 1. The maximum Gasteiger partial charge on any atom is 0.191 e. The molecule has 0 spiro atoms. The van der Waals surface area contributed by atoms with Gasteiger partial charge in [-0.05, 0) is 25.1 Å². The second-order valence-electron chi connectivity index (χ2n) is 6.97. The third-order valence-corrected chi connectivity index (χ3v) is 5.14. The third-order valence-electron chi connectivity index (χ3n) is 5.14. The van der Waals surface area contributed by atoms with Gasteiger partial charge in [0.2, 0.25) is 0 Å². The van der Waals surface area contributed by atoms with Gasteiger partial charge in [0.15, 0.2) is 5.96 Å². The molecule has 7 heteroatoms. The van der Waals surface area contributed by atoms with Crippen molar-refractivity contribution < 1.29 is 4.74 Å². The number of hydrogen-bond donors (Lipinski definition) is 2. The summed E-state index contributed by atoms with van der Waals surface area (Å²) in [6, 6.07) is 8.28. The minimum atomic E-state index is 0. The average Bonchev–Trinajstić information content (AvgIpc) is 3.09. The standard InChI is InChI=1S/C20H33N5O.HI/c1-3-21-20(22-9-10-25-13-11-24(4-2)12-14-25)23-16-18-15-17-7-5-6-8-19(17)26-18;/h5-8,18H,3-4,9-16H2,1-2H3,(H2,21,22,23);1H. The van der Waals surface area contributed by atoms with Crippen LogP contribution in [0.2, 0.25) is 0 Å². The summed E-state index contributed by atoms with van der Waals surface area (Å²) in [5.74, 6) is 1.90. The van der Waals surface area contributed by atoms with E-state index in [0.717, 1.165) is 57.4 Å². The molecule has 1 aromatic carbocycles. The number of benzene rings is 1. The van der Waals surface area contributed by atoms with Crippen LogP contribution in [-0.4, -0.2) is 80.8 Å². The van der Waals surface area contributed by atoms with Gasteiger partial charge in [-0.1, -0.05) is 25.1 Å². The minimum Gasteiger partial charge on any atom is -0.488 e. The van der Waals surface area contributed by atoms with E-state index in [4.69, 9.17) is 9.73 Å². The molecule has 2 aliphatic rings. The van der Waals surface area contributed by atoms with Crippen molar-refractivity contribution in [3.05, 3.63) is 29.8 Å². The number of hydrogen-bond acceptors (Lipinski definition) is 4. The SMILES string of the molecule is CCNC(=NCC1Cc2ccccc2O1)NCCN1CCN(CC)CC1.I. The van der Waals surface area contributed by atoms with Gasteiger partial charge >= 0.3 is 0 Å². The van der Waals surface area contributed by atoms with Crippen molar-refractivity contribution in [3.63, 3.8) is 0 Å². The summed E-state index contributed by atoms with van der Waals surface area (Å²) >= 11 is 0. The fourth-order valence-corrected chi connectivity index (χ4v) is 3.55. The summed E-state index contributed by atoms with van der Waals surface area (Å²) < 4.78 is 5.98. The van der Waals surface area contributed by atoms with Crippen LogP contribution >= 0.6 is 24.0 Å². The smallest absolute Gasteiger partial charge is 0.191 e. The van der Waals surface area contributed by atoms with Crippen molar-refractivity contribution in [2.45, 2.75) is 26.4 Å². The second kappa shape index (κ2) is 11.7. The Kier molecular flexibility index (Phi) is 9.64. The lowest BCUT2D eigenvalue weighted by molar-refractivity contribution is 0.139. The van der Waals surface area contributed by atoms with E-state index in [9.17, 15) is 0 Å². The Hall–Kier alpha value is -1.06. The number of nitrogens with zero attached hydrogens (tertiary/aromatic N) is 3. The van der Waals surface area contributed by atoms with Gasteiger partial charge in [0.05, 0.1) is 6.54 Å². The molecule has 1 unspecified atom stereocenters. The van der Waals surface area contributed by atoms with E-state index in [0.29, 0.717) is 6.54 Å². The van der Waals surface area contributed by atoms with Gasteiger partial charge in [0.1, 0.15) is 11.9 Å². The summed E-state index contributed by atoms with van der Waals surface area (Å²) in [7, 11) is 0. The Balaban J connectivity index is 0.00000261.